The summed E-state index contributed by atoms with van der Waals surface area (Å²) in [6.45, 7) is 5.74. The third-order valence-electron chi connectivity index (χ3n) is 5.44. The molecule has 1 aliphatic heterocycles. The lowest BCUT2D eigenvalue weighted by atomic mass is 10.0. The first-order valence-electron chi connectivity index (χ1n) is 9.66. The van der Waals surface area contributed by atoms with E-state index in [9.17, 15) is 14.0 Å². The molecule has 3 aromatic carbocycles. The number of carbonyl (C=O) groups is 2. The first-order chi connectivity index (χ1) is 14.4. The Morgan fingerprint density at radius 2 is 1.43 bits per heavy atom. The molecule has 0 radical (unpaired) electrons. The first kappa shape index (κ1) is 19.6. The van der Waals surface area contributed by atoms with Gasteiger partial charge < -0.3 is 5.32 Å². The molecule has 5 heteroatoms. The van der Waals surface area contributed by atoms with E-state index in [2.05, 4.69) is 5.32 Å². The van der Waals surface area contributed by atoms with Gasteiger partial charge in [-0.05, 0) is 67.3 Å². The fraction of sp³-hybridized carbons (Fsp3) is 0.120. The molecule has 1 aliphatic rings. The van der Waals surface area contributed by atoms with Gasteiger partial charge in [0.05, 0.1) is 11.3 Å². The van der Waals surface area contributed by atoms with Gasteiger partial charge in [0.2, 0.25) is 0 Å². The Kier molecular flexibility index (Phi) is 4.96. The topological polar surface area (TPSA) is 49.4 Å². The highest BCUT2D eigenvalue weighted by atomic mass is 19.1. The number of hydrogen-bond donors (Lipinski definition) is 1. The van der Waals surface area contributed by atoms with Crippen molar-refractivity contribution in [3.8, 4) is 0 Å². The molecule has 0 aromatic heterocycles. The van der Waals surface area contributed by atoms with E-state index in [0.717, 1.165) is 22.4 Å². The minimum absolute atomic E-state index is 0.182. The van der Waals surface area contributed by atoms with Crippen LogP contribution in [0.5, 0.6) is 0 Å². The van der Waals surface area contributed by atoms with Crippen molar-refractivity contribution in [1.82, 2.24) is 0 Å². The van der Waals surface area contributed by atoms with Crippen molar-refractivity contribution in [3.05, 3.63) is 100 Å². The molecule has 0 atom stereocenters. The number of halogens is 1. The molecule has 0 spiro atoms. The van der Waals surface area contributed by atoms with Crippen LogP contribution in [-0.2, 0) is 9.59 Å². The smallest absolute Gasteiger partial charge is 0.282 e. The zero-order chi connectivity index (χ0) is 21.4. The number of nitrogens with zero attached hydrogens (tertiary/aromatic N) is 1. The van der Waals surface area contributed by atoms with Gasteiger partial charge in [0.1, 0.15) is 11.5 Å². The van der Waals surface area contributed by atoms with E-state index >= 15 is 0 Å². The molecule has 4 nitrogen and oxygen atoms in total. The van der Waals surface area contributed by atoms with Crippen LogP contribution < -0.4 is 10.2 Å². The molecule has 2 amide bonds. The fourth-order valence-corrected chi connectivity index (χ4v) is 3.57. The van der Waals surface area contributed by atoms with Gasteiger partial charge in [-0.25, -0.2) is 9.29 Å². The first-order valence-corrected chi connectivity index (χ1v) is 9.66. The SMILES string of the molecule is Cc1ccccc1NC1=C(c2ccc(F)cc2)C(=O)N(c2cccc(C)c2C)C1=O. The Labute approximate surface area is 174 Å². The number of benzene rings is 3. The number of hydrogen-bond acceptors (Lipinski definition) is 3. The van der Waals surface area contributed by atoms with Crippen molar-refractivity contribution in [2.45, 2.75) is 20.8 Å². The lowest BCUT2D eigenvalue weighted by molar-refractivity contribution is -0.120. The third-order valence-corrected chi connectivity index (χ3v) is 5.44. The number of para-hydroxylation sites is 1. The highest BCUT2D eigenvalue weighted by Gasteiger charge is 2.41. The molecular weight excluding hydrogens is 379 g/mol. The molecule has 0 unspecified atom stereocenters. The molecule has 1 N–H and O–H groups in total. The van der Waals surface area contributed by atoms with Crippen molar-refractivity contribution >= 4 is 28.8 Å². The monoisotopic (exact) mass is 400 g/mol. The summed E-state index contributed by atoms with van der Waals surface area (Å²) in [6.07, 6.45) is 0. The van der Waals surface area contributed by atoms with Crippen LogP contribution in [0.3, 0.4) is 0 Å². The number of rotatable bonds is 4. The number of carbonyl (C=O) groups excluding carboxylic acids is 2. The molecule has 0 saturated heterocycles. The standard InChI is InChI=1S/C25H21FN2O2/c1-15-8-6-10-21(17(15)3)28-24(29)22(18-11-13-19(26)14-12-18)23(25(28)30)27-20-9-5-4-7-16(20)2/h4-14,27H,1-3H3. The van der Waals surface area contributed by atoms with Crippen molar-refractivity contribution in [1.29, 1.82) is 0 Å². The number of aryl methyl sites for hydroxylation is 2. The Bertz CT molecular complexity index is 1200. The highest BCUT2D eigenvalue weighted by Crippen LogP contribution is 2.36. The van der Waals surface area contributed by atoms with E-state index in [-0.39, 0.29) is 11.3 Å². The van der Waals surface area contributed by atoms with Crippen molar-refractivity contribution in [3.63, 3.8) is 0 Å². The van der Waals surface area contributed by atoms with Gasteiger partial charge in [0, 0.05) is 5.69 Å². The summed E-state index contributed by atoms with van der Waals surface area (Å²) in [6, 6.07) is 18.6. The van der Waals surface area contributed by atoms with Gasteiger partial charge in [0.15, 0.2) is 0 Å². The second-order valence-corrected chi connectivity index (χ2v) is 7.36. The largest absolute Gasteiger partial charge is 0.350 e. The van der Waals surface area contributed by atoms with Gasteiger partial charge >= 0.3 is 0 Å². The van der Waals surface area contributed by atoms with E-state index in [4.69, 9.17) is 0 Å². The molecule has 4 rings (SSSR count). The summed E-state index contributed by atoms with van der Waals surface area (Å²) in [5.74, 6) is -1.27. The Hall–Kier alpha value is -3.73. The molecule has 0 aliphatic carbocycles. The van der Waals surface area contributed by atoms with Gasteiger partial charge in [-0.3, -0.25) is 9.59 Å². The summed E-state index contributed by atoms with van der Waals surface area (Å²) < 4.78 is 13.5. The average Bonchev–Trinajstić information content (AvgIpc) is 2.96. The van der Waals surface area contributed by atoms with Crippen LogP contribution in [0, 0.1) is 26.6 Å². The molecule has 1 heterocycles. The van der Waals surface area contributed by atoms with Gasteiger partial charge in [-0.2, -0.15) is 0 Å². The lowest BCUT2D eigenvalue weighted by Gasteiger charge is -2.19. The molecule has 3 aromatic rings. The predicted molar refractivity (Wildman–Crippen MR) is 117 cm³/mol. The number of amides is 2. The number of nitrogens with one attached hydrogen (secondary N) is 1. The van der Waals surface area contributed by atoms with E-state index in [1.807, 2.05) is 57.2 Å². The molecule has 30 heavy (non-hydrogen) atoms. The minimum atomic E-state index is -0.434. The van der Waals surface area contributed by atoms with Crippen molar-refractivity contribution < 1.29 is 14.0 Å². The molecular formula is C25H21FN2O2. The average molecular weight is 400 g/mol. The molecule has 0 fully saturated rings. The van der Waals surface area contributed by atoms with Gasteiger partial charge in [-0.15, -0.1) is 0 Å². The summed E-state index contributed by atoms with van der Waals surface area (Å²) in [5, 5.41) is 3.16. The van der Waals surface area contributed by atoms with Crippen LogP contribution in [0.1, 0.15) is 22.3 Å². The summed E-state index contributed by atoms with van der Waals surface area (Å²) in [5.41, 5.74) is 4.95. The van der Waals surface area contributed by atoms with E-state index in [1.54, 1.807) is 6.07 Å². The maximum absolute atomic E-state index is 13.5. The Morgan fingerprint density at radius 1 is 0.767 bits per heavy atom. The second kappa shape index (κ2) is 7.59. The third kappa shape index (κ3) is 3.28. The molecule has 0 bridgehead atoms. The van der Waals surface area contributed by atoms with E-state index in [1.165, 1.54) is 29.2 Å². The zero-order valence-corrected chi connectivity index (χ0v) is 17.0. The number of imide groups is 1. The van der Waals surface area contributed by atoms with E-state index < -0.39 is 17.6 Å². The predicted octanol–water partition coefficient (Wildman–Crippen LogP) is 5.15. The maximum Gasteiger partial charge on any atom is 0.282 e. The Balaban J connectivity index is 1.87. The summed E-state index contributed by atoms with van der Waals surface area (Å²) in [4.78, 5) is 28.1. The van der Waals surface area contributed by atoms with Crippen LogP contribution in [-0.4, -0.2) is 11.8 Å². The maximum atomic E-state index is 13.5. The normalized spacial score (nSPS) is 13.9. The van der Waals surface area contributed by atoms with Crippen LogP contribution >= 0.6 is 0 Å². The van der Waals surface area contributed by atoms with Gasteiger partial charge in [0.25, 0.3) is 11.8 Å². The lowest BCUT2D eigenvalue weighted by Crippen LogP contribution is -2.33. The summed E-state index contributed by atoms with van der Waals surface area (Å²) in [7, 11) is 0. The van der Waals surface area contributed by atoms with Crippen LogP contribution in [0.4, 0.5) is 15.8 Å². The van der Waals surface area contributed by atoms with Crippen LogP contribution in [0.2, 0.25) is 0 Å². The fourth-order valence-electron chi connectivity index (χ4n) is 3.57. The minimum Gasteiger partial charge on any atom is -0.350 e. The van der Waals surface area contributed by atoms with Gasteiger partial charge in [-0.1, -0.05) is 42.5 Å². The Morgan fingerprint density at radius 3 is 2.13 bits per heavy atom. The van der Waals surface area contributed by atoms with Crippen molar-refractivity contribution in [2.75, 3.05) is 10.2 Å². The van der Waals surface area contributed by atoms with E-state index in [0.29, 0.717) is 11.3 Å². The second-order valence-electron chi connectivity index (χ2n) is 7.36. The number of anilines is 2. The molecule has 0 saturated carbocycles. The van der Waals surface area contributed by atoms with Crippen LogP contribution in [0.25, 0.3) is 5.57 Å². The van der Waals surface area contributed by atoms with Crippen molar-refractivity contribution in [2.24, 2.45) is 0 Å². The zero-order valence-electron chi connectivity index (χ0n) is 17.0. The summed E-state index contributed by atoms with van der Waals surface area (Å²) >= 11 is 0. The molecule has 150 valence electrons. The quantitative estimate of drug-likeness (QED) is 0.617. The van der Waals surface area contributed by atoms with Crippen LogP contribution in [0.15, 0.2) is 72.4 Å². The highest BCUT2D eigenvalue weighted by molar-refractivity contribution is 6.46.